The highest BCUT2D eigenvalue weighted by molar-refractivity contribution is 9.09. The molecule has 92 valence electrons. The highest BCUT2D eigenvalue weighted by Crippen LogP contribution is 2.39. The van der Waals surface area contributed by atoms with Gasteiger partial charge < -0.3 is 0 Å². The normalized spacial score (nSPS) is 32.9. The number of hydrogen-bond donors (Lipinski definition) is 0. The highest BCUT2D eigenvalue weighted by Gasteiger charge is 2.39. The van der Waals surface area contributed by atoms with E-state index in [0.717, 1.165) is 23.5 Å². The van der Waals surface area contributed by atoms with Crippen molar-refractivity contribution in [3.63, 3.8) is 0 Å². The highest BCUT2D eigenvalue weighted by atomic mass is 79.9. The summed E-state index contributed by atoms with van der Waals surface area (Å²) in [5.41, 5.74) is 2.86. The van der Waals surface area contributed by atoms with Crippen molar-refractivity contribution >= 4 is 15.9 Å². The Hall–Kier alpha value is -0.340. The molecule has 2 unspecified atom stereocenters. The summed E-state index contributed by atoms with van der Waals surface area (Å²) in [6, 6.07) is 10.6. The number of benzene rings is 1. The van der Waals surface area contributed by atoms with Gasteiger partial charge in [-0.3, -0.25) is 4.90 Å². The first-order chi connectivity index (χ1) is 8.22. The number of nitrogens with zero attached hydrogens (tertiary/aromatic N) is 1. The average molecular weight is 294 g/mol. The Morgan fingerprint density at radius 2 is 1.94 bits per heavy atom. The molecule has 0 radical (unpaired) electrons. The molecule has 0 N–H and O–H groups in total. The minimum atomic E-state index is 0.758. The van der Waals surface area contributed by atoms with Crippen molar-refractivity contribution in [2.45, 2.75) is 56.1 Å². The Bertz CT molecular complexity index is 390. The maximum Gasteiger partial charge on any atom is 0.0239 e. The van der Waals surface area contributed by atoms with Crippen LogP contribution in [0, 0.1) is 6.92 Å². The minimum Gasteiger partial charge on any atom is -0.293 e. The minimum absolute atomic E-state index is 0.758. The number of piperidine rings is 1. The number of rotatable bonds is 2. The van der Waals surface area contributed by atoms with Crippen molar-refractivity contribution in [1.29, 1.82) is 0 Å². The van der Waals surface area contributed by atoms with Crippen molar-refractivity contribution < 1.29 is 0 Å². The third kappa shape index (κ3) is 2.43. The van der Waals surface area contributed by atoms with Crippen LogP contribution in [-0.2, 0) is 6.54 Å². The van der Waals surface area contributed by atoms with Gasteiger partial charge in [0.1, 0.15) is 0 Å². The molecule has 2 atom stereocenters. The van der Waals surface area contributed by atoms with Gasteiger partial charge in [0.15, 0.2) is 0 Å². The maximum absolute atomic E-state index is 3.81. The third-order valence-electron chi connectivity index (χ3n) is 4.27. The molecule has 2 fully saturated rings. The lowest BCUT2D eigenvalue weighted by molar-refractivity contribution is 0.137. The largest absolute Gasteiger partial charge is 0.293 e. The number of fused-ring (bicyclic) bond motifs is 2. The SMILES string of the molecule is Cc1cccc(CN2C3CCC2CC(Br)C3)c1. The van der Waals surface area contributed by atoms with Gasteiger partial charge in [0.2, 0.25) is 0 Å². The van der Waals surface area contributed by atoms with E-state index in [-0.39, 0.29) is 0 Å². The van der Waals surface area contributed by atoms with Gasteiger partial charge in [0.25, 0.3) is 0 Å². The smallest absolute Gasteiger partial charge is 0.0239 e. The molecule has 2 aliphatic heterocycles. The standard InChI is InChI=1S/C15H20BrN/c1-11-3-2-4-12(7-11)10-17-14-5-6-15(17)9-13(16)8-14/h2-4,7,13-15H,5-6,8-10H2,1H3. The van der Waals surface area contributed by atoms with Crippen LogP contribution >= 0.6 is 15.9 Å². The van der Waals surface area contributed by atoms with Crippen LogP contribution in [0.1, 0.15) is 36.8 Å². The lowest BCUT2D eigenvalue weighted by Gasteiger charge is -2.37. The van der Waals surface area contributed by atoms with Crippen molar-refractivity contribution in [3.05, 3.63) is 35.4 Å². The van der Waals surface area contributed by atoms with E-state index in [9.17, 15) is 0 Å². The number of hydrogen-bond acceptors (Lipinski definition) is 1. The summed E-state index contributed by atoms with van der Waals surface area (Å²) in [5, 5.41) is 0. The van der Waals surface area contributed by atoms with E-state index in [1.54, 1.807) is 0 Å². The summed E-state index contributed by atoms with van der Waals surface area (Å²) in [6.07, 6.45) is 5.47. The summed E-state index contributed by atoms with van der Waals surface area (Å²) in [5.74, 6) is 0. The van der Waals surface area contributed by atoms with Crippen LogP contribution in [0.3, 0.4) is 0 Å². The Morgan fingerprint density at radius 1 is 1.24 bits per heavy atom. The topological polar surface area (TPSA) is 3.24 Å². The van der Waals surface area contributed by atoms with E-state index in [2.05, 4.69) is 52.0 Å². The Balaban J connectivity index is 1.74. The molecule has 1 aromatic rings. The van der Waals surface area contributed by atoms with Gasteiger partial charge in [0, 0.05) is 23.5 Å². The molecule has 0 spiro atoms. The number of aryl methyl sites for hydroxylation is 1. The van der Waals surface area contributed by atoms with Gasteiger partial charge in [-0.15, -0.1) is 0 Å². The fourth-order valence-corrected chi connectivity index (χ4v) is 4.35. The lowest BCUT2D eigenvalue weighted by atomic mass is 10.0. The average Bonchev–Trinajstić information content (AvgIpc) is 2.54. The molecule has 0 aliphatic carbocycles. The molecule has 2 aliphatic rings. The van der Waals surface area contributed by atoms with Gasteiger partial charge in [-0.2, -0.15) is 0 Å². The summed E-state index contributed by atoms with van der Waals surface area (Å²) in [7, 11) is 0. The molecule has 0 amide bonds. The van der Waals surface area contributed by atoms with E-state index in [1.165, 1.54) is 36.8 Å². The molecule has 2 bridgehead atoms. The Labute approximate surface area is 112 Å². The van der Waals surface area contributed by atoms with Crippen LogP contribution in [-0.4, -0.2) is 21.8 Å². The van der Waals surface area contributed by atoms with E-state index in [1.807, 2.05) is 0 Å². The van der Waals surface area contributed by atoms with Crippen LogP contribution in [0.15, 0.2) is 24.3 Å². The number of alkyl halides is 1. The number of halogens is 1. The Morgan fingerprint density at radius 3 is 2.59 bits per heavy atom. The molecule has 0 aromatic heterocycles. The second-order valence-electron chi connectivity index (χ2n) is 5.62. The van der Waals surface area contributed by atoms with Gasteiger partial charge in [0.05, 0.1) is 0 Å². The quantitative estimate of drug-likeness (QED) is 0.748. The molecular formula is C15H20BrN. The van der Waals surface area contributed by atoms with Crippen molar-refractivity contribution in [1.82, 2.24) is 4.90 Å². The summed E-state index contributed by atoms with van der Waals surface area (Å²) in [6.45, 7) is 3.33. The van der Waals surface area contributed by atoms with Crippen LogP contribution < -0.4 is 0 Å². The zero-order valence-corrected chi connectivity index (χ0v) is 12.0. The predicted octanol–water partition coefficient (Wildman–Crippen LogP) is 3.89. The van der Waals surface area contributed by atoms with Crippen LogP contribution in [0.5, 0.6) is 0 Å². The van der Waals surface area contributed by atoms with Crippen LogP contribution in [0.4, 0.5) is 0 Å². The van der Waals surface area contributed by atoms with E-state index in [0.29, 0.717) is 0 Å². The monoisotopic (exact) mass is 293 g/mol. The van der Waals surface area contributed by atoms with E-state index in [4.69, 9.17) is 0 Å². The first-order valence-corrected chi connectivity index (χ1v) is 7.59. The van der Waals surface area contributed by atoms with Crippen molar-refractivity contribution in [2.75, 3.05) is 0 Å². The first-order valence-electron chi connectivity index (χ1n) is 6.68. The second kappa shape index (κ2) is 4.74. The van der Waals surface area contributed by atoms with Gasteiger partial charge >= 0.3 is 0 Å². The Kier molecular flexibility index (Phi) is 3.27. The summed E-state index contributed by atoms with van der Waals surface area (Å²) < 4.78 is 0. The van der Waals surface area contributed by atoms with Gasteiger partial charge in [-0.1, -0.05) is 45.8 Å². The van der Waals surface area contributed by atoms with Crippen molar-refractivity contribution in [2.24, 2.45) is 0 Å². The molecule has 2 saturated heterocycles. The molecule has 1 aromatic carbocycles. The fourth-order valence-electron chi connectivity index (χ4n) is 3.49. The van der Waals surface area contributed by atoms with Crippen LogP contribution in [0.2, 0.25) is 0 Å². The van der Waals surface area contributed by atoms with E-state index < -0.39 is 0 Å². The molecule has 2 heterocycles. The lowest BCUT2D eigenvalue weighted by Crippen LogP contribution is -2.42. The second-order valence-corrected chi connectivity index (χ2v) is 6.91. The van der Waals surface area contributed by atoms with Gasteiger partial charge in [-0.25, -0.2) is 0 Å². The third-order valence-corrected chi connectivity index (χ3v) is 5.02. The fraction of sp³-hybridized carbons (Fsp3) is 0.600. The first kappa shape index (κ1) is 11.7. The van der Waals surface area contributed by atoms with Crippen molar-refractivity contribution in [3.8, 4) is 0 Å². The zero-order chi connectivity index (χ0) is 11.8. The molecule has 3 rings (SSSR count). The van der Waals surface area contributed by atoms with Crippen LogP contribution in [0.25, 0.3) is 0 Å². The molecule has 1 nitrogen and oxygen atoms in total. The molecule has 17 heavy (non-hydrogen) atoms. The molecule has 0 saturated carbocycles. The summed E-state index contributed by atoms with van der Waals surface area (Å²) >= 11 is 3.81. The summed E-state index contributed by atoms with van der Waals surface area (Å²) in [4.78, 5) is 3.50. The predicted molar refractivity (Wildman–Crippen MR) is 75.5 cm³/mol. The zero-order valence-electron chi connectivity index (χ0n) is 10.4. The van der Waals surface area contributed by atoms with Gasteiger partial charge in [-0.05, 0) is 38.2 Å². The molecule has 2 heteroatoms. The maximum atomic E-state index is 3.81. The molecular weight excluding hydrogens is 274 g/mol. The van der Waals surface area contributed by atoms with E-state index >= 15 is 0 Å².